The zero-order valence-electron chi connectivity index (χ0n) is 44.1. The Balaban J connectivity index is 0.000000621. The molecule has 1 aliphatic heterocycles. The molecular formula is C56H86N4OSi2Sr+2. The van der Waals surface area contributed by atoms with Crippen molar-refractivity contribution in [3.8, 4) is 0 Å². The molecule has 2 heterocycles. The van der Waals surface area contributed by atoms with Crippen molar-refractivity contribution in [3.05, 3.63) is 110 Å². The van der Waals surface area contributed by atoms with Gasteiger partial charge in [-0.15, -0.1) is 11.0 Å². The Hall–Kier alpha value is -2.15. The van der Waals surface area contributed by atoms with Crippen LogP contribution in [0, 0.1) is 0 Å². The molecule has 2 N–H and O–H groups in total. The maximum absolute atomic E-state index is 5.47. The number of para-hydroxylation sites is 2. The fraction of sp³-hybridized carbons (Fsp3) is 0.536. The Morgan fingerprint density at radius 3 is 1.08 bits per heavy atom. The van der Waals surface area contributed by atoms with Crippen LogP contribution in [-0.4, -0.2) is 87.6 Å². The van der Waals surface area contributed by atoms with Gasteiger partial charge in [0.15, 0.2) is 12.4 Å². The van der Waals surface area contributed by atoms with E-state index >= 15 is 0 Å². The zero-order chi connectivity index (χ0) is 47.2. The molecular weight excluding hydrogens is 888 g/mol. The molecule has 1 saturated heterocycles. The van der Waals surface area contributed by atoms with Gasteiger partial charge in [0.25, 0.3) is 0 Å². The maximum Gasteiger partial charge on any atom is 2.00 e. The van der Waals surface area contributed by atoms with Crippen LogP contribution in [0.2, 0.25) is 39.3 Å². The van der Waals surface area contributed by atoms with Crippen molar-refractivity contribution in [2.24, 2.45) is 0 Å². The molecule has 0 amide bonds. The smallest absolute Gasteiger partial charge is 0.668 e. The minimum absolute atomic E-state index is 0. The molecule has 8 heteroatoms. The van der Waals surface area contributed by atoms with Gasteiger partial charge in [-0.2, -0.15) is 0 Å². The molecule has 0 aliphatic carbocycles. The minimum Gasteiger partial charge on any atom is -0.668 e. The summed E-state index contributed by atoms with van der Waals surface area (Å²) in [6, 6.07) is 22.9. The van der Waals surface area contributed by atoms with Crippen molar-refractivity contribution in [2.75, 3.05) is 13.2 Å². The van der Waals surface area contributed by atoms with E-state index in [0.717, 1.165) is 35.4 Å². The molecule has 64 heavy (non-hydrogen) atoms. The number of benzene rings is 4. The molecule has 0 atom stereocenters. The summed E-state index contributed by atoms with van der Waals surface area (Å²) in [5.41, 5.74) is 14.7. The molecule has 0 saturated carbocycles. The normalized spacial score (nSPS) is 14.0. The summed E-state index contributed by atoms with van der Waals surface area (Å²) in [7, 11) is -2.21. The van der Waals surface area contributed by atoms with Gasteiger partial charge in [-0.05, 0) is 81.4 Å². The monoisotopic (exact) mass is 975 g/mol. The largest absolute Gasteiger partial charge is 2.00 e. The Morgan fingerprint density at radius 1 is 0.547 bits per heavy atom. The van der Waals surface area contributed by atoms with Crippen LogP contribution in [0.3, 0.4) is 0 Å². The van der Waals surface area contributed by atoms with E-state index in [-0.39, 0.29) is 56.3 Å². The van der Waals surface area contributed by atoms with E-state index < -0.39 is 16.5 Å². The fourth-order valence-corrected chi connectivity index (χ4v) is 16.5. The van der Waals surface area contributed by atoms with Crippen molar-refractivity contribution >= 4 is 108 Å². The first-order valence-corrected chi connectivity index (χ1v) is 30.8. The number of hydrogen-bond acceptors (Lipinski definition) is 1. The molecule has 0 bridgehead atoms. The first-order chi connectivity index (χ1) is 29.1. The van der Waals surface area contributed by atoms with Crippen molar-refractivity contribution in [1.82, 2.24) is 4.98 Å². The molecule has 5 aromatic rings. The maximum atomic E-state index is 5.47. The van der Waals surface area contributed by atoms with Crippen LogP contribution in [0.1, 0.15) is 178 Å². The van der Waals surface area contributed by atoms with E-state index in [1.807, 2.05) is 0 Å². The van der Waals surface area contributed by atoms with Gasteiger partial charge >= 0.3 is 45.5 Å². The van der Waals surface area contributed by atoms with Crippen molar-refractivity contribution in [2.45, 2.75) is 184 Å². The second-order valence-corrected chi connectivity index (χ2v) is 32.7. The second-order valence-electron chi connectivity index (χ2n) is 23.1. The van der Waals surface area contributed by atoms with Crippen LogP contribution in [0.4, 0.5) is 11.4 Å². The third-order valence-corrected chi connectivity index (χ3v) is 16.9. The van der Waals surface area contributed by atoms with Crippen molar-refractivity contribution in [1.29, 1.82) is 0 Å². The van der Waals surface area contributed by atoms with Crippen LogP contribution < -0.4 is 15.0 Å². The molecule has 1 aliphatic rings. The van der Waals surface area contributed by atoms with E-state index in [1.165, 1.54) is 68.4 Å². The van der Waals surface area contributed by atoms with E-state index in [2.05, 4.69) is 219 Å². The number of nitrogens with zero attached hydrogens (tertiary/aromatic N) is 2. The second kappa shape index (κ2) is 23.2. The minimum atomic E-state index is -1.11. The first-order valence-electron chi connectivity index (χ1n) is 23.9. The van der Waals surface area contributed by atoms with Crippen LogP contribution >= 0.6 is 0 Å². The van der Waals surface area contributed by atoms with Gasteiger partial charge in [0.2, 0.25) is 11.4 Å². The summed E-state index contributed by atoms with van der Waals surface area (Å²) >= 11 is 0. The summed E-state index contributed by atoms with van der Waals surface area (Å²) in [6.45, 7) is 47.8. The summed E-state index contributed by atoms with van der Waals surface area (Å²) in [6.07, 6.45) is 6.97. The Kier molecular flexibility index (Phi) is 20.4. The quantitative estimate of drug-likeness (QED) is 0.108. The molecule has 1 fully saturated rings. The molecule has 5 nitrogen and oxygen atoms in total. The predicted octanol–water partition coefficient (Wildman–Crippen LogP) is 13.1. The predicted molar refractivity (Wildman–Crippen MR) is 289 cm³/mol. The van der Waals surface area contributed by atoms with E-state index in [9.17, 15) is 0 Å². The van der Waals surface area contributed by atoms with Crippen LogP contribution in [-0.2, 0) is 15.6 Å². The van der Waals surface area contributed by atoms with Crippen LogP contribution in [0.5, 0.6) is 0 Å². The number of rotatable bonds is 10. The van der Waals surface area contributed by atoms with Gasteiger partial charge in [0.05, 0.1) is 0 Å². The van der Waals surface area contributed by atoms with Crippen LogP contribution in [0.15, 0.2) is 60.7 Å². The molecule has 6 rings (SSSR count). The Morgan fingerprint density at radius 2 is 0.859 bits per heavy atom. The van der Waals surface area contributed by atoms with E-state index in [1.54, 1.807) is 0 Å². The number of nitrogens with one attached hydrogen (secondary N) is 2. The van der Waals surface area contributed by atoms with E-state index in [4.69, 9.17) is 14.4 Å². The summed E-state index contributed by atoms with van der Waals surface area (Å²) in [5.74, 6) is 1.64. The van der Waals surface area contributed by atoms with Gasteiger partial charge < -0.3 is 14.4 Å². The summed E-state index contributed by atoms with van der Waals surface area (Å²) in [5, 5.41) is 2.42. The van der Waals surface area contributed by atoms with Crippen LogP contribution in [0.25, 0.3) is 26.5 Å². The molecule has 0 unspecified atom stereocenters. The molecule has 0 spiro atoms. The van der Waals surface area contributed by atoms with Gasteiger partial charge in [-0.1, -0.05) is 201 Å². The average molecular weight is 975 g/mol. The molecule has 1 aromatic heterocycles. The van der Waals surface area contributed by atoms with Gasteiger partial charge in [-0.25, -0.2) is 9.98 Å². The van der Waals surface area contributed by atoms with Gasteiger partial charge in [0.1, 0.15) is 0 Å². The van der Waals surface area contributed by atoms with Crippen molar-refractivity contribution < 1.29 is 14.7 Å². The number of aromatic nitrogens is 1. The average Bonchev–Trinajstić information content (AvgIpc) is 3.86. The SMILES string of the molecule is C1CCOC1.CC(C)c1cccc(C(C)C)c1[NH+]=Cc1cc(C(C)(C)C)cc2c1[n-]c1c(C=[NH+]c3c(C(C)C)cccc3C(C)C)cc(C(C)(C)C)cc12.C[Si](C)(C)[N-][Si](C)(C)C.[Sr+2]. The zero-order valence-corrected chi connectivity index (χ0v) is 49.6. The Labute approximate surface area is 430 Å². The van der Waals surface area contributed by atoms with E-state index in [0.29, 0.717) is 23.7 Å². The third-order valence-electron chi connectivity index (χ3n) is 11.5. The molecule has 0 radical (unpaired) electrons. The van der Waals surface area contributed by atoms with Gasteiger partial charge in [-0.3, -0.25) is 0 Å². The third kappa shape index (κ3) is 15.7. The van der Waals surface area contributed by atoms with Crippen molar-refractivity contribution in [3.63, 3.8) is 0 Å². The topological polar surface area (TPSA) is 65.4 Å². The first kappa shape index (κ1) is 56.2. The van der Waals surface area contributed by atoms with Gasteiger partial charge in [0, 0.05) is 46.6 Å². The summed E-state index contributed by atoms with van der Waals surface area (Å²) < 4.78 is 9.76. The molecule has 4 aromatic carbocycles. The number of fused-ring (bicyclic) bond motifs is 3. The Bertz CT molecular complexity index is 2140. The standard InChI is InChI=1S/C46H58N3.C6H18NSi2.C4H8O.Sr/c1-27(2)35-17-15-18-36(28(3)4)43(35)47-25-31-21-33(45(9,10)11)23-39-40-24-34(46(12,13)14)22-32(42(40)49-41(31)39)26-48-44-37(29(5)6)19-16-20-38(44)30(7)8;1-8(2,3)7-9(4,5)6;1-2-4-5-3-1;/h15-30H,1-14H3;1-6H3;1-4H2;/q2*-1;;+2/p+2. The number of hydrogen-bond donors (Lipinski definition) is 2. The summed E-state index contributed by atoms with van der Waals surface area (Å²) in [4.78, 5) is 13.1. The molecule has 344 valence electrons. The fourth-order valence-electron chi connectivity index (χ4n) is 8.42. The number of ether oxygens (including phenoxy) is 1.